The molecule has 3 aromatic rings. The molecule has 0 radical (unpaired) electrons. The lowest BCUT2D eigenvalue weighted by Crippen LogP contribution is -2.40. The van der Waals surface area contributed by atoms with Gasteiger partial charge in [0.1, 0.15) is 11.6 Å². The van der Waals surface area contributed by atoms with Crippen molar-refractivity contribution in [3.63, 3.8) is 0 Å². The number of nitrogens with zero attached hydrogens (tertiary/aromatic N) is 7. The maximum Gasteiger partial charge on any atom is 0.392 e. The molecule has 3 aliphatic carbocycles. The summed E-state index contributed by atoms with van der Waals surface area (Å²) in [5, 5.41) is 4.23. The quantitative estimate of drug-likeness (QED) is 0.575. The van der Waals surface area contributed by atoms with Gasteiger partial charge in [0.2, 0.25) is 5.95 Å². The third-order valence-corrected chi connectivity index (χ3v) is 7.78. The highest BCUT2D eigenvalue weighted by Gasteiger charge is 2.65. The van der Waals surface area contributed by atoms with E-state index in [-0.39, 0.29) is 18.4 Å². The van der Waals surface area contributed by atoms with Crippen LogP contribution < -0.4 is 4.90 Å². The van der Waals surface area contributed by atoms with E-state index in [0.29, 0.717) is 55.3 Å². The van der Waals surface area contributed by atoms with Crippen LogP contribution in [-0.2, 0) is 17.2 Å². The summed E-state index contributed by atoms with van der Waals surface area (Å²) < 4.78 is 48.6. The van der Waals surface area contributed by atoms with Gasteiger partial charge in [-0.05, 0) is 39.0 Å². The van der Waals surface area contributed by atoms with Crippen molar-refractivity contribution in [1.29, 1.82) is 0 Å². The molecule has 0 spiro atoms. The van der Waals surface area contributed by atoms with E-state index in [9.17, 15) is 13.2 Å². The average molecular weight is 474 g/mol. The molecule has 11 heteroatoms. The van der Waals surface area contributed by atoms with E-state index in [2.05, 4.69) is 10.1 Å². The number of fused-ring (bicyclic) bond motifs is 2. The summed E-state index contributed by atoms with van der Waals surface area (Å²) >= 11 is 0. The monoisotopic (exact) mass is 473 g/mol. The maximum atomic E-state index is 13.6. The topological polar surface area (TPSA) is 81.9 Å². The van der Waals surface area contributed by atoms with E-state index in [1.165, 1.54) is 0 Å². The smallest absolute Gasteiger partial charge is 0.370 e. The Labute approximate surface area is 194 Å². The summed E-state index contributed by atoms with van der Waals surface area (Å²) in [6, 6.07) is 0. The van der Waals surface area contributed by atoms with Crippen molar-refractivity contribution < 1.29 is 17.9 Å². The van der Waals surface area contributed by atoms with E-state index in [1.54, 1.807) is 10.9 Å². The Morgan fingerprint density at radius 2 is 1.82 bits per heavy atom. The van der Waals surface area contributed by atoms with Crippen molar-refractivity contribution in [2.24, 2.45) is 18.9 Å². The molecule has 34 heavy (non-hydrogen) atoms. The molecule has 8 nitrogen and oxygen atoms in total. The molecule has 3 saturated carbocycles. The van der Waals surface area contributed by atoms with Crippen LogP contribution in [0.2, 0.25) is 0 Å². The molecule has 4 aliphatic rings. The molecule has 0 N–H and O–H groups in total. The molecule has 4 fully saturated rings. The van der Waals surface area contributed by atoms with Crippen molar-refractivity contribution in [2.75, 3.05) is 24.6 Å². The Hall–Kier alpha value is -2.82. The van der Waals surface area contributed by atoms with Gasteiger partial charge in [0.05, 0.1) is 42.3 Å². The van der Waals surface area contributed by atoms with Crippen molar-refractivity contribution in [3.8, 4) is 0 Å². The van der Waals surface area contributed by atoms with Gasteiger partial charge >= 0.3 is 6.18 Å². The number of hydrogen-bond acceptors (Lipinski definition) is 7. The van der Waals surface area contributed by atoms with E-state index in [1.807, 2.05) is 32.0 Å². The first-order valence-electron chi connectivity index (χ1n) is 11.6. The third kappa shape index (κ3) is 3.35. The van der Waals surface area contributed by atoms with Crippen LogP contribution in [0.1, 0.15) is 48.0 Å². The zero-order valence-electron chi connectivity index (χ0n) is 19.3. The Bertz CT molecular complexity index is 1270. The lowest BCUT2D eigenvalue weighted by atomic mass is 9.67. The van der Waals surface area contributed by atoms with Crippen LogP contribution in [0, 0.1) is 25.7 Å². The molecule has 0 amide bonds. The summed E-state index contributed by atoms with van der Waals surface area (Å²) in [6.45, 7) is 5.31. The number of rotatable bonds is 3. The first-order chi connectivity index (χ1) is 16.1. The second-order valence-electron chi connectivity index (χ2n) is 9.99. The van der Waals surface area contributed by atoms with Crippen LogP contribution in [-0.4, -0.2) is 55.6 Å². The van der Waals surface area contributed by atoms with Gasteiger partial charge in [-0.15, -0.1) is 0 Å². The number of hydrogen-bond donors (Lipinski definition) is 0. The lowest BCUT2D eigenvalue weighted by molar-refractivity contribution is -0.180. The molecule has 7 rings (SSSR count). The Morgan fingerprint density at radius 1 is 1.06 bits per heavy atom. The highest BCUT2D eigenvalue weighted by Crippen LogP contribution is 2.66. The fraction of sp³-hybridized carbons (Fsp3) is 0.609. The van der Waals surface area contributed by atoms with Crippen molar-refractivity contribution in [2.45, 2.75) is 50.8 Å². The van der Waals surface area contributed by atoms with Gasteiger partial charge in [-0.1, -0.05) is 0 Å². The van der Waals surface area contributed by atoms with Crippen LogP contribution in [0.5, 0.6) is 0 Å². The minimum absolute atomic E-state index is 0.0583. The highest BCUT2D eigenvalue weighted by atomic mass is 19.4. The summed E-state index contributed by atoms with van der Waals surface area (Å²) in [7, 11) is 1.85. The summed E-state index contributed by atoms with van der Waals surface area (Å²) in [5.74, 6) is -1.14. The minimum atomic E-state index is -4.19. The number of aryl methyl sites for hydroxylation is 3. The fourth-order valence-corrected chi connectivity index (χ4v) is 5.91. The van der Waals surface area contributed by atoms with Crippen LogP contribution in [0.25, 0.3) is 11.2 Å². The number of aromatic nitrogens is 6. The predicted molar refractivity (Wildman–Crippen MR) is 117 cm³/mol. The van der Waals surface area contributed by atoms with Gasteiger partial charge in [-0.25, -0.2) is 15.0 Å². The molecular formula is C23H26F3N7O. The van der Waals surface area contributed by atoms with Crippen LogP contribution in [0.15, 0.2) is 12.4 Å². The Kier molecular flexibility index (Phi) is 4.68. The van der Waals surface area contributed by atoms with Crippen molar-refractivity contribution in [3.05, 3.63) is 35.0 Å². The number of ether oxygens (including phenoxy) is 1. The number of anilines is 1. The molecular weight excluding hydrogens is 447 g/mol. The van der Waals surface area contributed by atoms with Gasteiger partial charge in [0, 0.05) is 30.8 Å². The Morgan fingerprint density at radius 3 is 2.50 bits per heavy atom. The molecule has 3 aromatic heterocycles. The van der Waals surface area contributed by atoms with Crippen molar-refractivity contribution in [1.82, 2.24) is 29.7 Å². The summed E-state index contributed by atoms with van der Waals surface area (Å²) in [4.78, 5) is 21.0. The van der Waals surface area contributed by atoms with Gasteiger partial charge in [0.25, 0.3) is 0 Å². The number of alkyl halides is 3. The van der Waals surface area contributed by atoms with Gasteiger partial charge in [0.15, 0.2) is 5.65 Å². The first kappa shape index (κ1) is 21.7. The van der Waals surface area contributed by atoms with Crippen molar-refractivity contribution >= 4 is 17.1 Å². The molecule has 4 heterocycles. The van der Waals surface area contributed by atoms with Gasteiger partial charge in [-0.2, -0.15) is 23.3 Å². The van der Waals surface area contributed by atoms with Crippen LogP contribution in [0.4, 0.5) is 19.1 Å². The predicted octanol–water partition coefficient (Wildman–Crippen LogP) is 3.58. The SMILES string of the molecule is Cc1nc2nc(N3CCO[C@@H](c4cnn(C)c4)C3)nc(C34CC(C3)[C@@H](C(F)(F)F)C4)c2nc1C. The second-order valence-corrected chi connectivity index (χ2v) is 9.99. The molecule has 180 valence electrons. The molecule has 0 aromatic carbocycles. The zero-order valence-corrected chi connectivity index (χ0v) is 19.3. The van der Waals surface area contributed by atoms with E-state index >= 15 is 0 Å². The average Bonchev–Trinajstić information content (AvgIpc) is 3.47. The van der Waals surface area contributed by atoms with Crippen LogP contribution >= 0.6 is 0 Å². The lowest BCUT2D eigenvalue weighted by Gasteiger charge is -2.39. The normalized spacial score (nSPS) is 29.0. The third-order valence-electron chi connectivity index (χ3n) is 7.78. The summed E-state index contributed by atoms with van der Waals surface area (Å²) in [5.41, 5.74) is 3.43. The molecule has 1 saturated heterocycles. The largest absolute Gasteiger partial charge is 0.392 e. The first-order valence-corrected chi connectivity index (χ1v) is 11.6. The van der Waals surface area contributed by atoms with Gasteiger partial charge in [-0.3, -0.25) is 4.68 Å². The van der Waals surface area contributed by atoms with Gasteiger partial charge < -0.3 is 9.64 Å². The Balaban J connectivity index is 1.41. The zero-order chi connectivity index (χ0) is 23.8. The standard InChI is InChI=1S/C23H26F3N7O/c1-12-13(2)29-20-18(28-12)19(22-6-14(7-22)16(8-22)23(24,25)26)30-21(31-20)33-4-5-34-17(11-33)15-9-27-32(3)10-15/h9-10,14,16-17H,4-8,11H2,1-3H3/t14?,16-,17+,22?/m0/s1. The minimum Gasteiger partial charge on any atom is -0.370 e. The van der Waals surface area contributed by atoms with E-state index in [4.69, 9.17) is 19.7 Å². The summed E-state index contributed by atoms with van der Waals surface area (Å²) in [6.07, 6.45) is 0.348. The second kappa shape index (κ2) is 7.34. The molecule has 2 bridgehead atoms. The maximum absolute atomic E-state index is 13.6. The highest BCUT2D eigenvalue weighted by molar-refractivity contribution is 5.76. The molecule has 1 aliphatic heterocycles. The molecule has 2 atom stereocenters. The number of halogens is 3. The van der Waals surface area contributed by atoms with E-state index in [0.717, 1.165) is 17.0 Å². The van der Waals surface area contributed by atoms with Crippen LogP contribution in [0.3, 0.4) is 0 Å². The molecule has 0 unspecified atom stereocenters. The van der Waals surface area contributed by atoms with E-state index < -0.39 is 17.5 Å². The fourth-order valence-electron chi connectivity index (χ4n) is 5.91. The number of morpholine rings is 1.